The molecule has 3 rings (SSSR count). The number of benzene rings is 1. The Morgan fingerprint density at radius 1 is 1.21 bits per heavy atom. The van der Waals surface area contributed by atoms with Crippen molar-refractivity contribution in [2.75, 3.05) is 25.4 Å². The zero-order chi connectivity index (χ0) is 20.4. The van der Waals surface area contributed by atoms with E-state index in [1.54, 1.807) is 0 Å². The van der Waals surface area contributed by atoms with Crippen LogP contribution in [0.3, 0.4) is 0 Å². The summed E-state index contributed by atoms with van der Waals surface area (Å²) in [7, 11) is -4.03. The number of rotatable bonds is 7. The van der Waals surface area contributed by atoms with Crippen LogP contribution in [0.4, 0.5) is 8.78 Å². The Balaban J connectivity index is 1.77. The molecular formula is C17H22F2N4O4S. The lowest BCUT2D eigenvalue weighted by atomic mass is 9.90. The first-order valence-corrected chi connectivity index (χ1v) is 10.4. The van der Waals surface area contributed by atoms with Crippen LogP contribution in [0.5, 0.6) is 0 Å². The number of aromatic nitrogens is 3. The minimum absolute atomic E-state index is 0.0496. The van der Waals surface area contributed by atoms with Crippen LogP contribution in [0.25, 0.3) is 0 Å². The van der Waals surface area contributed by atoms with Gasteiger partial charge in [-0.15, -0.1) is 0 Å². The smallest absolute Gasteiger partial charge is 0.265 e. The Morgan fingerprint density at radius 2 is 1.93 bits per heavy atom. The molecule has 1 fully saturated rings. The van der Waals surface area contributed by atoms with E-state index < -0.39 is 27.4 Å². The number of β-amino-alcohol motifs (C(OH)–C–C–N with tert-alkyl or cyclic N) is 1. The molecule has 8 nitrogen and oxygen atoms in total. The van der Waals surface area contributed by atoms with Crippen molar-refractivity contribution in [2.24, 2.45) is 5.92 Å². The maximum Gasteiger partial charge on any atom is 0.265 e. The van der Waals surface area contributed by atoms with Crippen LogP contribution >= 0.6 is 0 Å². The summed E-state index contributed by atoms with van der Waals surface area (Å²) in [5.41, 5.74) is -1.74. The van der Waals surface area contributed by atoms with Crippen LogP contribution in [0.1, 0.15) is 18.4 Å². The molecule has 1 aromatic carbocycles. The molecule has 1 aliphatic rings. The summed E-state index contributed by atoms with van der Waals surface area (Å²) < 4.78 is 60.2. The molecule has 0 spiro atoms. The first kappa shape index (κ1) is 20.8. The second-order valence-electron chi connectivity index (χ2n) is 7.22. The fourth-order valence-electron chi connectivity index (χ4n) is 3.65. The minimum atomic E-state index is -4.03. The van der Waals surface area contributed by atoms with Crippen molar-refractivity contribution < 1.29 is 26.9 Å². The van der Waals surface area contributed by atoms with E-state index in [4.69, 9.17) is 4.55 Å². The van der Waals surface area contributed by atoms with E-state index in [1.807, 2.05) is 4.90 Å². The Hall–Kier alpha value is -1.95. The normalized spacial score (nSPS) is 18.9. The SMILES string of the molecule is O=S(=O)(O)CC1CCN(CC(O)(Cn2cncn2)c2ccc(F)cc2F)CC1. The van der Waals surface area contributed by atoms with Crippen molar-refractivity contribution in [3.8, 4) is 0 Å². The highest BCUT2D eigenvalue weighted by atomic mass is 32.2. The quantitative estimate of drug-likeness (QED) is 0.650. The van der Waals surface area contributed by atoms with Gasteiger partial charge in [0.15, 0.2) is 0 Å². The van der Waals surface area contributed by atoms with E-state index in [1.165, 1.54) is 23.4 Å². The summed E-state index contributed by atoms with van der Waals surface area (Å²) in [6, 6.07) is 3.02. The van der Waals surface area contributed by atoms with Gasteiger partial charge in [0.1, 0.15) is 29.9 Å². The van der Waals surface area contributed by atoms with Crippen LogP contribution in [-0.4, -0.2) is 63.1 Å². The number of piperidine rings is 1. The van der Waals surface area contributed by atoms with Crippen LogP contribution in [-0.2, 0) is 22.3 Å². The van der Waals surface area contributed by atoms with E-state index >= 15 is 0 Å². The maximum atomic E-state index is 14.4. The molecule has 1 saturated heterocycles. The highest BCUT2D eigenvalue weighted by Crippen LogP contribution is 2.29. The van der Waals surface area contributed by atoms with E-state index in [0.717, 1.165) is 12.1 Å². The van der Waals surface area contributed by atoms with Crippen LogP contribution in [0.15, 0.2) is 30.9 Å². The molecular weight excluding hydrogens is 394 g/mol. The van der Waals surface area contributed by atoms with Gasteiger partial charge in [0, 0.05) is 18.2 Å². The average Bonchev–Trinajstić information content (AvgIpc) is 3.07. The van der Waals surface area contributed by atoms with Crippen LogP contribution < -0.4 is 0 Å². The van der Waals surface area contributed by atoms with Crippen molar-refractivity contribution in [2.45, 2.75) is 25.0 Å². The summed E-state index contributed by atoms with van der Waals surface area (Å²) in [6.07, 6.45) is 3.73. The third kappa shape index (κ3) is 5.31. The highest BCUT2D eigenvalue weighted by Gasteiger charge is 2.37. The van der Waals surface area contributed by atoms with Gasteiger partial charge in [0.2, 0.25) is 0 Å². The van der Waals surface area contributed by atoms with E-state index in [9.17, 15) is 22.3 Å². The predicted molar refractivity (Wildman–Crippen MR) is 95.9 cm³/mol. The average molecular weight is 416 g/mol. The predicted octanol–water partition coefficient (Wildman–Crippen LogP) is 1.04. The Bertz CT molecular complexity index is 902. The van der Waals surface area contributed by atoms with Gasteiger partial charge < -0.3 is 10.0 Å². The van der Waals surface area contributed by atoms with E-state index in [2.05, 4.69) is 10.1 Å². The Morgan fingerprint density at radius 3 is 2.50 bits per heavy atom. The number of nitrogens with zero attached hydrogens (tertiary/aromatic N) is 4. The summed E-state index contributed by atoms with van der Waals surface area (Å²) in [6.45, 7) is 0.917. The minimum Gasteiger partial charge on any atom is -0.382 e. The van der Waals surface area contributed by atoms with Crippen molar-refractivity contribution >= 4 is 10.1 Å². The number of hydrogen-bond donors (Lipinski definition) is 2. The number of halogens is 2. The number of aliphatic hydroxyl groups is 1. The van der Waals surface area contributed by atoms with Gasteiger partial charge >= 0.3 is 0 Å². The van der Waals surface area contributed by atoms with Crippen LogP contribution in [0.2, 0.25) is 0 Å². The molecule has 11 heteroatoms. The first-order valence-electron chi connectivity index (χ1n) is 8.82. The third-order valence-corrected chi connectivity index (χ3v) is 5.85. The molecule has 0 aliphatic carbocycles. The van der Waals surface area contributed by atoms with Crippen LogP contribution in [0, 0.1) is 17.6 Å². The molecule has 0 amide bonds. The molecule has 1 unspecified atom stereocenters. The second-order valence-corrected chi connectivity index (χ2v) is 8.71. The third-order valence-electron chi connectivity index (χ3n) is 4.96. The molecule has 1 aliphatic heterocycles. The van der Waals surface area contributed by atoms with Crippen molar-refractivity contribution in [3.05, 3.63) is 48.1 Å². The van der Waals surface area contributed by atoms with Gasteiger partial charge in [0.25, 0.3) is 10.1 Å². The summed E-state index contributed by atoms with van der Waals surface area (Å²) >= 11 is 0. The maximum absolute atomic E-state index is 14.4. The molecule has 0 saturated carbocycles. The van der Waals surface area contributed by atoms with Crippen molar-refractivity contribution in [3.63, 3.8) is 0 Å². The Labute approximate surface area is 161 Å². The number of likely N-dealkylation sites (tertiary alicyclic amines) is 1. The van der Waals surface area contributed by atoms with Gasteiger partial charge in [-0.1, -0.05) is 6.07 Å². The zero-order valence-corrected chi connectivity index (χ0v) is 15.9. The molecule has 0 radical (unpaired) electrons. The summed E-state index contributed by atoms with van der Waals surface area (Å²) in [5.74, 6) is -2.06. The summed E-state index contributed by atoms with van der Waals surface area (Å²) in [4.78, 5) is 5.71. The van der Waals surface area contributed by atoms with Gasteiger partial charge in [-0.3, -0.25) is 4.55 Å². The standard InChI is InChI=1S/C17H22F2N4O4S/c18-14-1-2-15(16(19)7-14)17(24,10-23-12-20-11-21-23)9-22-5-3-13(4-6-22)8-28(25,26)27/h1-2,7,11-13,24H,3-6,8-10H2,(H,25,26,27). The molecule has 1 atom stereocenters. The molecule has 2 N–H and O–H groups in total. The lowest BCUT2D eigenvalue weighted by Crippen LogP contribution is -2.47. The van der Waals surface area contributed by atoms with Crippen molar-refractivity contribution in [1.29, 1.82) is 0 Å². The molecule has 2 aromatic rings. The highest BCUT2D eigenvalue weighted by molar-refractivity contribution is 7.85. The number of hydrogen-bond acceptors (Lipinski definition) is 6. The molecule has 0 bridgehead atoms. The molecule has 2 heterocycles. The lowest BCUT2D eigenvalue weighted by Gasteiger charge is -2.38. The van der Waals surface area contributed by atoms with E-state index in [-0.39, 0.29) is 30.3 Å². The van der Waals surface area contributed by atoms with E-state index in [0.29, 0.717) is 25.9 Å². The van der Waals surface area contributed by atoms with Gasteiger partial charge in [-0.25, -0.2) is 18.4 Å². The van der Waals surface area contributed by atoms with Gasteiger partial charge in [-0.05, 0) is 37.9 Å². The summed E-state index contributed by atoms with van der Waals surface area (Å²) in [5, 5.41) is 15.3. The molecule has 154 valence electrons. The first-order chi connectivity index (χ1) is 13.1. The monoisotopic (exact) mass is 416 g/mol. The van der Waals surface area contributed by atoms with Gasteiger partial charge in [0.05, 0.1) is 12.3 Å². The lowest BCUT2D eigenvalue weighted by molar-refractivity contribution is -0.0281. The molecule has 1 aromatic heterocycles. The largest absolute Gasteiger partial charge is 0.382 e. The second kappa shape index (κ2) is 8.19. The van der Waals surface area contributed by atoms with Gasteiger partial charge in [-0.2, -0.15) is 13.5 Å². The fraction of sp³-hybridized carbons (Fsp3) is 0.529. The Kier molecular flexibility index (Phi) is 6.08. The fourth-order valence-corrected chi connectivity index (χ4v) is 4.58. The molecule has 28 heavy (non-hydrogen) atoms. The zero-order valence-electron chi connectivity index (χ0n) is 15.1. The topological polar surface area (TPSA) is 109 Å². The van der Waals surface area contributed by atoms with Crippen molar-refractivity contribution in [1.82, 2.24) is 19.7 Å².